The maximum Gasteiger partial charge on any atom is 0.303 e. The highest BCUT2D eigenvalue weighted by Gasteiger charge is 2.20. The van der Waals surface area contributed by atoms with Crippen molar-refractivity contribution in [3.05, 3.63) is 11.9 Å². The van der Waals surface area contributed by atoms with E-state index in [2.05, 4.69) is 17.2 Å². The number of piperidine rings is 1. The molecule has 2 heterocycles. The van der Waals surface area contributed by atoms with E-state index >= 15 is 0 Å². The summed E-state index contributed by atoms with van der Waals surface area (Å²) < 4.78 is 1.48. The van der Waals surface area contributed by atoms with Gasteiger partial charge < -0.3 is 10.0 Å². The summed E-state index contributed by atoms with van der Waals surface area (Å²) in [6.45, 7) is 3.99. The monoisotopic (exact) mass is 280 g/mol. The summed E-state index contributed by atoms with van der Waals surface area (Å²) in [7, 11) is 0. The Labute approximate surface area is 117 Å². The van der Waals surface area contributed by atoms with Gasteiger partial charge in [0, 0.05) is 25.7 Å². The van der Waals surface area contributed by atoms with Crippen molar-refractivity contribution in [2.45, 2.75) is 39.2 Å². The van der Waals surface area contributed by atoms with Gasteiger partial charge >= 0.3 is 5.97 Å². The molecule has 0 radical (unpaired) electrons. The van der Waals surface area contributed by atoms with E-state index in [4.69, 9.17) is 5.11 Å². The molecule has 1 amide bonds. The first kappa shape index (κ1) is 14.5. The van der Waals surface area contributed by atoms with Gasteiger partial charge in [-0.05, 0) is 18.8 Å². The van der Waals surface area contributed by atoms with E-state index in [1.54, 1.807) is 6.20 Å². The van der Waals surface area contributed by atoms with Crippen LogP contribution >= 0.6 is 0 Å². The smallest absolute Gasteiger partial charge is 0.303 e. The third kappa shape index (κ3) is 4.04. The van der Waals surface area contributed by atoms with Crippen LogP contribution in [0.1, 0.15) is 31.9 Å². The van der Waals surface area contributed by atoms with Crippen molar-refractivity contribution in [1.82, 2.24) is 19.9 Å². The molecule has 7 heteroatoms. The van der Waals surface area contributed by atoms with Gasteiger partial charge in [0.2, 0.25) is 5.91 Å². The van der Waals surface area contributed by atoms with Crippen molar-refractivity contribution in [1.29, 1.82) is 0 Å². The van der Waals surface area contributed by atoms with Crippen LogP contribution in [-0.2, 0) is 22.6 Å². The maximum absolute atomic E-state index is 12.1. The van der Waals surface area contributed by atoms with Crippen LogP contribution in [0.3, 0.4) is 0 Å². The first-order chi connectivity index (χ1) is 9.54. The van der Waals surface area contributed by atoms with Gasteiger partial charge in [-0.25, -0.2) is 4.68 Å². The van der Waals surface area contributed by atoms with E-state index < -0.39 is 5.97 Å². The van der Waals surface area contributed by atoms with Crippen LogP contribution in [0, 0.1) is 5.92 Å². The van der Waals surface area contributed by atoms with Crippen molar-refractivity contribution >= 4 is 11.9 Å². The zero-order valence-electron chi connectivity index (χ0n) is 11.7. The number of rotatable bonds is 5. The normalized spacial score (nSPS) is 16.4. The molecular weight excluding hydrogens is 260 g/mol. The molecule has 1 fully saturated rings. The topological polar surface area (TPSA) is 88.3 Å². The summed E-state index contributed by atoms with van der Waals surface area (Å²) in [5.74, 6) is -0.127. The predicted molar refractivity (Wildman–Crippen MR) is 71.0 cm³/mol. The number of likely N-dealkylation sites (tertiary alicyclic amines) is 1. The molecule has 1 aliphatic heterocycles. The standard InChI is InChI=1S/C13H20N4O3/c1-10-4-6-16(7-5-10)12(18)9-17-8-11(14-15-17)2-3-13(19)20/h8,10H,2-7,9H2,1H3,(H,19,20). The van der Waals surface area contributed by atoms with E-state index in [9.17, 15) is 9.59 Å². The molecule has 1 saturated heterocycles. The SMILES string of the molecule is CC1CCN(C(=O)Cn2cc(CCC(=O)O)nn2)CC1. The Balaban J connectivity index is 1.83. The molecule has 0 atom stereocenters. The Morgan fingerprint density at radius 2 is 2.10 bits per heavy atom. The van der Waals surface area contributed by atoms with Gasteiger partial charge in [0.25, 0.3) is 0 Å². The molecule has 20 heavy (non-hydrogen) atoms. The van der Waals surface area contributed by atoms with Crippen LogP contribution in [0.25, 0.3) is 0 Å². The summed E-state index contributed by atoms with van der Waals surface area (Å²) in [4.78, 5) is 24.4. The van der Waals surface area contributed by atoms with Gasteiger partial charge in [-0.2, -0.15) is 0 Å². The molecular formula is C13H20N4O3. The number of carboxylic acid groups (broad SMARTS) is 1. The molecule has 0 bridgehead atoms. The molecule has 2 rings (SSSR count). The Kier molecular flexibility index (Phi) is 4.70. The average molecular weight is 280 g/mol. The lowest BCUT2D eigenvalue weighted by Gasteiger charge is -2.30. The molecule has 7 nitrogen and oxygen atoms in total. The summed E-state index contributed by atoms with van der Waals surface area (Å²) in [6.07, 6.45) is 4.11. The molecule has 1 aliphatic rings. The largest absolute Gasteiger partial charge is 0.481 e. The number of hydrogen-bond acceptors (Lipinski definition) is 4. The highest BCUT2D eigenvalue weighted by Crippen LogP contribution is 2.16. The van der Waals surface area contributed by atoms with Crippen LogP contribution in [0.5, 0.6) is 0 Å². The van der Waals surface area contributed by atoms with Gasteiger partial charge in [0.15, 0.2) is 0 Å². The zero-order chi connectivity index (χ0) is 14.5. The van der Waals surface area contributed by atoms with Crippen molar-refractivity contribution in [2.24, 2.45) is 5.92 Å². The lowest BCUT2D eigenvalue weighted by Crippen LogP contribution is -2.39. The van der Waals surface area contributed by atoms with Gasteiger partial charge in [-0.3, -0.25) is 9.59 Å². The summed E-state index contributed by atoms with van der Waals surface area (Å²) in [5, 5.41) is 16.4. The van der Waals surface area contributed by atoms with E-state index in [1.165, 1.54) is 4.68 Å². The summed E-state index contributed by atoms with van der Waals surface area (Å²) in [6, 6.07) is 0. The molecule has 1 aromatic rings. The number of carboxylic acids is 1. The highest BCUT2D eigenvalue weighted by molar-refractivity contribution is 5.76. The first-order valence-electron chi connectivity index (χ1n) is 6.93. The molecule has 0 unspecified atom stereocenters. The number of aryl methyl sites for hydroxylation is 1. The number of aliphatic carboxylic acids is 1. The van der Waals surface area contributed by atoms with Crippen molar-refractivity contribution < 1.29 is 14.7 Å². The molecule has 110 valence electrons. The maximum atomic E-state index is 12.1. The van der Waals surface area contributed by atoms with Gasteiger partial charge in [-0.1, -0.05) is 12.1 Å². The fraction of sp³-hybridized carbons (Fsp3) is 0.692. The lowest BCUT2D eigenvalue weighted by molar-refractivity contribution is -0.137. The Bertz CT molecular complexity index is 478. The number of nitrogens with zero attached hydrogens (tertiary/aromatic N) is 4. The van der Waals surface area contributed by atoms with Crippen molar-refractivity contribution in [3.63, 3.8) is 0 Å². The molecule has 0 spiro atoms. The fourth-order valence-electron chi connectivity index (χ4n) is 2.26. The fourth-order valence-corrected chi connectivity index (χ4v) is 2.26. The molecule has 1 N–H and O–H groups in total. The number of carbonyl (C=O) groups excluding carboxylic acids is 1. The Morgan fingerprint density at radius 3 is 2.75 bits per heavy atom. The second-order valence-electron chi connectivity index (χ2n) is 5.36. The quantitative estimate of drug-likeness (QED) is 0.851. The minimum atomic E-state index is -0.863. The van der Waals surface area contributed by atoms with Crippen LogP contribution in [-0.4, -0.2) is 50.0 Å². The number of amides is 1. The Morgan fingerprint density at radius 1 is 1.40 bits per heavy atom. The third-order valence-corrected chi connectivity index (χ3v) is 3.61. The van der Waals surface area contributed by atoms with Gasteiger partial charge in [0.05, 0.1) is 12.1 Å². The van der Waals surface area contributed by atoms with E-state index in [1.807, 2.05) is 4.90 Å². The molecule has 0 saturated carbocycles. The second-order valence-corrected chi connectivity index (χ2v) is 5.36. The van der Waals surface area contributed by atoms with Crippen LogP contribution in [0.2, 0.25) is 0 Å². The predicted octanol–water partition coefficient (Wildman–Crippen LogP) is 0.554. The highest BCUT2D eigenvalue weighted by atomic mass is 16.4. The summed E-state index contributed by atoms with van der Waals surface area (Å²) >= 11 is 0. The van der Waals surface area contributed by atoms with E-state index in [0.29, 0.717) is 18.0 Å². The number of aromatic nitrogens is 3. The Hall–Kier alpha value is -1.92. The van der Waals surface area contributed by atoms with Gasteiger partial charge in [-0.15, -0.1) is 5.10 Å². The van der Waals surface area contributed by atoms with Crippen LogP contribution in [0.15, 0.2) is 6.20 Å². The number of carbonyl (C=O) groups is 2. The zero-order valence-corrected chi connectivity index (χ0v) is 11.7. The summed E-state index contributed by atoms with van der Waals surface area (Å²) in [5.41, 5.74) is 0.604. The van der Waals surface area contributed by atoms with Crippen LogP contribution < -0.4 is 0 Å². The minimum Gasteiger partial charge on any atom is -0.481 e. The average Bonchev–Trinajstić information content (AvgIpc) is 2.84. The second kappa shape index (κ2) is 6.49. The molecule has 0 aromatic carbocycles. The van der Waals surface area contributed by atoms with E-state index in [0.717, 1.165) is 25.9 Å². The lowest BCUT2D eigenvalue weighted by atomic mass is 9.99. The van der Waals surface area contributed by atoms with Gasteiger partial charge in [0.1, 0.15) is 6.54 Å². The number of hydrogen-bond donors (Lipinski definition) is 1. The van der Waals surface area contributed by atoms with E-state index in [-0.39, 0.29) is 18.9 Å². The third-order valence-electron chi connectivity index (χ3n) is 3.61. The molecule has 0 aliphatic carbocycles. The van der Waals surface area contributed by atoms with Crippen LogP contribution in [0.4, 0.5) is 0 Å². The van der Waals surface area contributed by atoms with Crippen molar-refractivity contribution in [2.75, 3.05) is 13.1 Å². The molecule has 1 aromatic heterocycles. The van der Waals surface area contributed by atoms with Crippen molar-refractivity contribution in [3.8, 4) is 0 Å². The minimum absolute atomic E-state index is 0.0245. The first-order valence-corrected chi connectivity index (χ1v) is 6.93.